The number of hydrogen-bond donors (Lipinski definition) is 2. The summed E-state index contributed by atoms with van der Waals surface area (Å²) in [6, 6.07) is 7.73. The van der Waals surface area contributed by atoms with Crippen molar-refractivity contribution in [2.75, 3.05) is 13.7 Å². The van der Waals surface area contributed by atoms with E-state index in [0.717, 1.165) is 24.3 Å². The highest BCUT2D eigenvalue weighted by atomic mass is 16.5. The van der Waals surface area contributed by atoms with Crippen LogP contribution in [0.2, 0.25) is 0 Å². The summed E-state index contributed by atoms with van der Waals surface area (Å²) in [6.07, 6.45) is 0.996. The number of hydrogen-bond acceptors (Lipinski definition) is 3. The van der Waals surface area contributed by atoms with Crippen LogP contribution in [-0.4, -0.2) is 25.6 Å². The molecule has 2 N–H and O–H groups in total. The molecule has 0 aromatic heterocycles. The largest absolute Gasteiger partial charge is 0.494 e. The molecule has 0 bridgehead atoms. The molecule has 1 aromatic rings. The van der Waals surface area contributed by atoms with E-state index < -0.39 is 0 Å². The number of rotatable bonds is 7. The van der Waals surface area contributed by atoms with Gasteiger partial charge >= 0.3 is 0 Å². The second-order valence-electron chi connectivity index (χ2n) is 4.21. The van der Waals surface area contributed by atoms with Crippen molar-refractivity contribution in [2.45, 2.75) is 32.9 Å². The molecule has 4 nitrogen and oxygen atoms in total. The van der Waals surface area contributed by atoms with Crippen molar-refractivity contribution < 1.29 is 9.53 Å². The normalized spacial score (nSPS) is 11.9. The zero-order valence-electron chi connectivity index (χ0n) is 11.3. The molecule has 1 unspecified atom stereocenters. The van der Waals surface area contributed by atoms with Crippen molar-refractivity contribution in [2.24, 2.45) is 0 Å². The van der Waals surface area contributed by atoms with Crippen LogP contribution in [0.5, 0.6) is 5.75 Å². The van der Waals surface area contributed by atoms with Crippen molar-refractivity contribution in [3.8, 4) is 5.75 Å². The number of amides is 1. The third kappa shape index (κ3) is 4.75. The van der Waals surface area contributed by atoms with Crippen LogP contribution >= 0.6 is 0 Å². The molecule has 0 saturated carbocycles. The second kappa shape index (κ2) is 7.71. The predicted octanol–water partition coefficient (Wildman–Crippen LogP) is 1.70. The van der Waals surface area contributed by atoms with Crippen molar-refractivity contribution in [1.29, 1.82) is 0 Å². The summed E-state index contributed by atoms with van der Waals surface area (Å²) >= 11 is 0. The van der Waals surface area contributed by atoms with Crippen LogP contribution in [0.25, 0.3) is 0 Å². The molecule has 0 fully saturated rings. The van der Waals surface area contributed by atoms with E-state index in [-0.39, 0.29) is 11.9 Å². The van der Waals surface area contributed by atoms with E-state index in [1.165, 1.54) is 0 Å². The van der Waals surface area contributed by atoms with Crippen molar-refractivity contribution >= 4 is 5.91 Å². The molecule has 0 aliphatic carbocycles. The monoisotopic (exact) mass is 250 g/mol. The summed E-state index contributed by atoms with van der Waals surface area (Å²) in [7, 11) is 1.64. The zero-order valence-corrected chi connectivity index (χ0v) is 11.3. The molecule has 1 atom stereocenters. The van der Waals surface area contributed by atoms with Crippen LogP contribution < -0.4 is 15.4 Å². The number of carbonyl (C=O) groups is 1. The summed E-state index contributed by atoms with van der Waals surface area (Å²) in [5, 5.41) is 5.78. The SMILES string of the molecule is CCCOc1cccc(CNC(C)C(=O)NC)c1. The molecular weight excluding hydrogens is 228 g/mol. The van der Waals surface area contributed by atoms with E-state index in [0.29, 0.717) is 6.54 Å². The van der Waals surface area contributed by atoms with Gasteiger partial charge in [-0.2, -0.15) is 0 Å². The Morgan fingerprint density at radius 2 is 2.22 bits per heavy atom. The fourth-order valence-corrected chi connectivity index (χ4v) is 1.55. The van der Waals surface area contributed by atoms with Gasteiger partial charge in [0.25, 0.3) is 0 Å². The topological polar surface area (TPSA) is 50.4 Å². The minimum atomic E-state index is -0.199. The first-order valence-electron chi connectivity index (χ1n) is 6.34. The molecule has 100 valence electrons. The molecule has 1 rings (SSSR count). The third-order valence-electron chi connectivity index (χ3n) is 2.62. The van der Waals surface area contributed by atoms with Crippen LogP contribution in [0, 0.1) is 0 Å². The summed E-state index contributed by atoms with van der Waals surface area (Å²) in [5.41, 5.74) is 1.11. The summed E-state index contributed by atoms with van der Waals surface area (Å²) in [6.45, 7) is 5.30. The maximum Gasteiger partial charge on any atom is 0.236 e. The highest BCUT2D eigenvalue weighted by Crippen LogP contribution is 2.13. The maximum atomic E-state index is 11.3. The minimum absolute atomic E-state index is 0.00612. The van der Waals surface area contributed by atoms with E-state index in [4.69, 9.17) is 4.74 Å². The van der Waals surface area contributed by atoms with Gasteiger partial charge < -0.3 is 15.4 Å². The number of likely N-dealkylation sites (N-methyl/N-ethyl adjacent to an activating group) is 1. The molecule has 0 saturated heterocycles. The van der Waals surface area contributed by atoms with E-state index in [2.05, 4.69) is 17.6 Å². The first kappa shape index (κ1) is 14.5. The molecule has 0 radical (unpaired) electrons. The molecule has 1 amide bonds. The van der Waals surface area contributed by atoms with Gasteiger partial charge in [0.1, 0.15) is 5.75 Å². The zero-order chi connectivity index (χ0) is 13.4. The third-order valence-corrected chi connectivity index (χ3v) is 2.62. The molecule has 0 spiro atoms. The smallest absolute Gasteiger partial charge is 0.236 e. The van der Waals surface area contributed by atoms with E-state index in [1.54, 1.807) is 7.05 Å². The summed E-state index contributed by atoms with van der Waals surface area (Å²) in [4.78, 5) is 11.3. The highest BCUT2D eigenvalue weighted by molar-refractivity contribution is 5.80. The van der Waals surface area contributed by atoms with Gasteiger partial charge in [-0.25, -0.2) is 0 Å². The lowest BCUT2D eigenvalue weighted by Gasteiger charge is -2.13. The first-order valence-corrected chi connectivity index (χ1v) is 6.34. The van der Waals surface area contributed by atoms with Crippen LogP contribution in [0.4, 0.5) is 0 Å². The first-order chi connectivity index (χ1) is 8.67. The Hall–Kier alpha value is -1.55. The van der Waals surface area contributed by atoms with Gasteiger partial charge in [0.2, 0.25) is 5.91 Å². The minimum Gasteiger partial charge on any atom is -0.494 e. The van der Waals surface area contributed by atoms with Crippen LogP contribution in [-0.2, 0) is 11.3 Å². The number of carbonyl (C=O) groups excluding carboxylic acids is 1. The van der Waals surface area contributed by atoms with Crippen LogP contribution in [0.1, 0.15) is 25.8 Å². The fourth-order valence-electron chi connectivity index (χ4n) is 1.55. The maximum absolute atomic E-state index is 11.3. The Kier molecular flexibility index (Phi) is 6.22. The van der Waals surface area contributed by atoms with Gasteiger partial charge in [0.05, 0.1) is 12.6 Å². The molecule has 0 aliphatic rings. The average Bonchev–Trinajstić information content (AvgIpc) is 2.42. The Morgan fingerprint density at radius 3 is 2.89 bits per heavy atom. The number of nitrogens with one attached hydrogen (secondary N) is 2. The standard InChI is InChI=1S/C14H22N2O2/c1-4-8-18-13-7-5-6-12(9-13)10-16-11(2)14(17)15-3/h5-7,9,11,16H,4,8,10H2,1-3H3,(H,15,17). The number of benzene rings is 1. The number of ether oxygens (including phenoxy) is 1. The average molecular weight is 250 g/mol. The quantitative estimate of drug-likeness (QED) is 0.774. The van der Waals surface area contributed by atoms with Crippen molar-refractivity contribution in [3.05, 3.63) is 29.8 Å². The van der Waals surface area contributed by atoms with Crippen LogP contribution in [0.3, 0.4) is 0 Å². The van der Waals surface area contributed by atoms with Crippen molar-refractivity contribution in [1.82, 2.24) is 10.6 Å². The van der Waals surface area contributed by atoms with Crippen LogP contribution in [0.15, 0.2) is 24.3 Å². The second-order valence-corrected chi connectivity index (χ2v) is 4.21. The molecular formula is C14H22N2O2. The summed E-state index contributed by atoms with van der Waals surface area (Å²) < 4.78 is 5.56. The molecule has 4 heteroatoms. The Bertz CT molecular complexity index is 380. The Balaban J connectivity index is 2.49. The fraction of sp³-hybridized carbons (Fsp3) is 0.500. The van der Waals surface area contributed by atoms with Gasteiger partial charge in [-0.05, 0) is 31.0 Å². The van der Waals surface area contributed by atoms with Gasteiger partial charge in [0, 0.05) is 13.6 Å². The lowest BCUT2D eigenvalue weighted by molar-refractivity contribution is -0.122. The van der Waals surface area contributed by atoms with E-state index in [9.17, 15) is 4.79 Å². The van der Waals surface area contributed by atoms with E-state index >= 15 is 0 Å². The lowest BCUT2D eigenvalue weighted by Crippen LogP contribution is -2.40. The van der Waals surface area contributed by atoms with Gasteiger partial charge in [0.15, 0.2) is 0 Å². The van der Waals surface area contributed by atoms with Gasteiger partial charge in [-0.15, -0.1) is 0 Å². The van der Waals surface area contributed by atoms with Crippen molar-refractivity contribution in [3.63, 3.8) is 0 Å². The molecule has 0 heterocycles. The molecule has 18 heavy (non-hydrogen) atoms. The Labute approximate surface area is 109 Å². The Morgan fingerprint density at radius 1 is 1.44 bits per heavy atom. The highest BCUT2D eigenvalue weighted by Gasteiger charge is 2.09. The summed E-state index contributed by atoms with van der Waals surface area (Å²) in [5.74, 6) is 0.872. The lowest BCUT2D eigenvalue weighted by atomic mass is 10.2. The van der Waals surface area contributed by atoms with Gasteiger partial charge in [-0.1, -0.05) is 19.1 Å². The molecule has 0 aliphatic heterocycles. The molecule has 1 aromatic carbocycles. The predicted molar refractivity (Wildman–Crippen MR) is 72.6 cm³/mol. The van der Waals surface area contributed by atoms with E-state index in [1.807, 2.05) is 31.2 Å². The van der Waals surface area contributed by atoms with Gasteiger partial charge in [-0.3, -0.25) is 4.79 Å².